The van der Waals surface area contributed by atoms with E-state index < -0.39 is 0 Å². The summed E-state index contributed by atoms with van der Waals surface area (Å²) in [6, 6.07) is 0. The van der Waals surface area contributed by atoms with Crippen molar-refractivity contribution in [2.45, 2.75) is 45.4 Å². The normalized spacial score (nSPS) is 10.6. The molecule has 13 heavy (non-hydrogen) atoms. The molecule has 0 spiro atoms. The van der Waals surface area contributed by atoms with Crippen LogP contribution in [0, 0.1) is 0 Å². The molecule has 0 bridgehead atoms. The molecule has 0 atom stereocenters. The van der Waals surface area contributed by atoms with Crippen LogP contribution in [0.15, 0.2) is 12.2 Å². The van der Waals surface area contributed by atoms with E-state index in [0.717, 1.165) is 6.42 Å². The highest BCUT2D eigenvalue weighted by Crippen LogP contribution is 2.05. The third kappa shape index (κ3) is 9.12. The second kappa shape index (κ2) is 9.30. The van der Waals surface area contributed by atoms with Crippen LogP contribution in [0.25, 0.3) is 0 Å². The van der Waals surface area contributed by atoms with Gasteiger partial charge < -0.3 is 4.74 Å². The summed E-state index contributed by atoms with van der Waals surface area (Å²) in [7, 11) is 1.40. The predicted octanol–water partition coefficient (Wildman–Crippen LogP) is 3.08. The van der Waals surface area contributed by atoms with Crippen LogP contribution in [-0.4, -0.2) is 13.1 Å². The summed E-state index contributed by atoms with van der Waals surface area (Å²) >= 11 is 0. The van der Waals surface area contributed by atoms with Crippen LogP contribution in [-0.2, 0) is 9.53 Å². The molecule has 0 rings (SSSR count). The molecule has 0 unspecified atom stereocenters. The molecule has 0 aliphatic heterocycles. The number of unbranched alkanes of at least 4 members (excludes halogenated alkanes) is 5. The Hall–Kier alpha value is -0.790. The summed E-state index contributed by atoms with van der Waals surface area (Å²) in [6.07, 6.45) is 10.7. The van der Waals surface area contributed by atoms with Crippen molar-refractivity contribution in [3.63, 3.8) is 0 Å². The lowest BCUT2D eigenvalue weighted by Crippen LogP contribution is -1.93. The topological polar surface area (TPSA) is 26.3 Å². The molecule has 0 fully saturated rings. The molecular weight excluding hydrogens is 164 g/mol. The van der Waals surface area contributed by atoms with Gasteiger partial charge in [0.05, 0.1) is 7.11 Å². The molecule has 2 heteroatoms. The van der Waals surface area contributed by atoms with E-state index in [1.54, 1.807) is 0 Å². The zero-order chi connectivity index (χ0) is 9.94. The fourth-order valence-corrected chi connectivity index (χ4v) is 1.11. The standard InChI is InChI=1S/C11H20O2/c1-3-4-5-6-7-8-9-10-11(12)13-2/h9-10H,3-8H2,1-2H3/b10-9+. The van der Waals surface area contributed by atoms with Crippen molar-refractivity contribution in [3.8, 4) is 0 Å². The van der Waals surface area contributed by atoms with Gasteiger partial charge in [-0.1, -0.05) is 38.7 Å². The van der Waals surface area contributed by atoms with E-state index >= 15 is 0 Å². The van der Waals surface area contributed by atoms with Crippen LogP contribution in [0.3, 0.4) is 0 Å². The Bertz CT molecular complexity index is 150. The van der Waals surface area contributed by atoms with E-state index in [1.807, 2.05) is 6.08 Å². The molecule has 0 aromatic carbocycles. The van der Waals surface area contributed by atoms with E-state index in [2.05, 4.69) is 11.7 Å². The van der Waals surface area contributed by atoms with Crippen LogP contribution < -0.4 is 0 Å². The molecule has 0 amide bonds. The van der Waals surface area contributed by atoms with Gasteiger partial charge in [-0.3, -0.25) is 0 Å². The summed E-state index contributed by atoms with van der Waals surface area (Å²) < 4.78 is 4.47. The first-order valence-electron chi connectivity index (χ1n) is 5.05. The van der Waals surface area contributed by atoms with Crippen molar-refractivity contribution in [3.05, 3.63) is 12.2 Å². The summed E-state index contributed by atoms with van der Waals surface area (Å²) in [5.74, 6) is -0.256. The quantitative estimate of drug-likeness (QED) is 0.345. The molecular formula is C11H20O2. The van der Waals surface area contributed by atoms with Gasteiger partial charge in [-0.05, 0) is 12.8 Å². The average Bonchev–Trinajstić information content (AvgIpc) is 2.16. The molecule has 0 saturated carbocycles. The van der Waals surface area contributed by atoms with Crippen molar-refractivity contribution in [1.29, 1.82) is 0 Å². The van der Waals surface area contributed by atoms with Gasteiger partial charge in [0.2, 0.25) is 0 Å². The molecule has 0 aliphatic rings. The van der Waals surface area contributed by atoms with E-state index in [1.165, 1.54) is 45.3 Å². The van der Waals surface area contributed by atoms with Crippen molar-refractivity contribution >= 4 is 5.97 Å². The molecule has 0 heterocycles. The third-order valence-electron chi connectivity index (χ3n) is 1.93. The van der Waals surface area contributed by atoms with Gasteiger partial charge in [0, 0.05) is 6.08 Å². The second-order valence-corrected chi connectivity index (χ2v) is 3.13. The highest BCUT2D eigenvalue weighted by molar-refractivity contribution is 5.81. The molecule has 0 aliphatic carbocycles. The number of carbonyl (C=O) groups excluding carboxylic acids is 1. The number of carbonyl (C=O) groups is 1. The molecule has 0 aromatic rings. The monoisotopic (exact) mass is 184 g/mol. The molecule has 76 valence electrons. The lowest BCUT2D eigenvalue weighted by Gasteiger charge is -1.95. The lowest BCUT2D eigenvalue weighted by molar-refractivity contribution is -0.134. The van der Waals surface area contributed by atoms with Gasteiger partial charge in [-0.2, -0.15) is 0 Å². The Morgan fingerprint density at radius 2 is 1.92 bits per heavy atom. The minimum absolute atomic E-state index is 0.256. The SMILES string of the molecule is CCCCCCC/C=C/C(=O)OC. The maximum absolute atomic E-state index is 10.6. The highest BCUT2D eigenvalue weighted by Gasteiger charge is 1.90. The van der Waals surface area contributed by atoms with Crippen molar-refractivity contribution < 1.29 is 9.53 Å². The average molecular weight is 184 g/mol. The van der Waals surface area contributed by atoms with Gasteiger partial charge >= 0.3 is 5.97 Å². The van der Waals surface area contributed by atoms with Gasteiger partial charge in [0.25, 0.3) is 0 Å². The van der Waals surface area contributed by atoms with Gasteiger partial charge in [-0.15, -0.1) is 0 Å². The Morgan fingerprint density at radius 1 is 1.23 bits per heavy atom. The maximum atomic E-state index is 10.6. The van der Waals surface area contributed by atoms with Gasteiger partial charge in [0.15, 0.2) is 0 Å². The Morgan fingerprint density at radius 3 is 2.54 bits per heavy atom. The molecule has 2 nitrogen and oxygen atoms in total. The first kappa shape index (κ1) is 12.2. The number of hydrogen-bond acceptors (Lipinski definition) is 2. The Labute approximate surface area is 81.0 Å². The number of hydrogen-bond donors (Lipinski definition) is 0. The number of methoxy groups -OCH3 is 1. The van der Waals surface area contributed by atoms with Crippen LogP contribution in [0.4, 0.5) is 0 Å². The first-order valence-corrected chi connectivity index (χ1v) is 5.05. The third-order valence-corrected chi connectivity index (χ3v) is 1.93. The van der Waals surface area contributed by atoms with E-state index in [9.17, 15) is 4.79 Å². The maximum Gasteiger partial charge on any atom is 0.330 e. The first-order chi connectivity index (χ1) is 6.31. The smallest absolute Gasteiger partial charge is 0.330 e. The largest absolute Gasteiger partial charge is 0.466 e. The predicted molar refractivity (Wildman–Crippen MR) is 54.5 cm³/mol. The zero-order valence-corrected chi connectivity index (χ0v) is 8.71. The molecule has 0 radical (unpaired) electrons. The summed E-state index contributed by atoms with van der Waals surface area (Å²) in [4.78, 5) is 10.6. The molecule has 0 aromatic heterocycles. The van der Waals surface area contributed by atoms with E-state index in [0.29, 0.717) is 0 Å². The number of ether oxygens (including phenoxy) is 1. The van der Waals surface area contributed by atoms with Crippen LogP contribution in [0.1, 0.15) is 45.4 Å². The summed E-state index contributed by atoms with van der Waals surface area (Å²) in [5.41, 5.74) is 0. The van der Waals surface area contributed by atoms with E-state index in [-0.39, 0.29) is 5.97 Å². The Balaban J connectivity index is 3.15. The summed E-state index contributed by atoms with van der Waals surface area (Å²) in [5, 5.41) is 0. The van der Waals surface area contributed by atoms with Crippen molar-refractivity contribution in [2.24, 2.45) is 0 Å². The van der Waals surface area contributed by atoms with Crippen LogP contribution in [0.5, 0.6) is 0 Å². The lowest BCUT2D eigenvalue weighted by atomic mass is 10.1. The molecule has 0 saturated heterocycles. The van der Waals surface area contributed by atoms with Crippen LogP contribution in [0.2, 0.25) is 0 Å². The number of esters is 1. The minimum Gasteiger partial charge on any atom is -0.466 e. The summed E-state index contributed by atoms with van der Waals surface area (Å²) in [6.45, 7) is 2.21. The van der Waals surface area contributed by atoms with E-state index in [4.69, 9.17) is 0 Å². The van der Waals surface area contributed by atoms with Crippen molar-refractivity contribution in [2.75, 3.05) is 7.11 Å². The van der Waals surface area contributed by atoms with Gasteiger partial charge in [0.1, 0.15) is 0 Å². The molecule has 0 N–H and O–H groups in total. The van der Waals surface area contributed by atoms with Gasteiger partial charge in [-0.25, -0.2) is 4.79 Å². The van der Waals surface area contributed by atoms with Crippen molar-refractivity contribution in [1.82, 2.24) is 0 Å². The number of rotatable bonds is 7. The zero-order valence-electron chi connectivity index (χ0n) is 8.71. The minimum atomic E-state index is -0.256. The second-order valence-electron chi connectivity index (χ2n) is 3.13. The fourth-order valence-electron chi connectivity index (χ4n) is 1.11. The Kier molecular flexibility index (Phi) is 8.73. The van der Waals surface area contributed by atoms with Crippen LogP contribution >= 0.6 is 0 Å². The fraction of sp³-hybridized carbons (Fsp3) is 0.727. The number of allylic oxidation sites excluding steroid dienone is 1. The highest BCUT2D eigenvalue weighted by atomic mass is 16.5.